The van der Waals surface area contributed by atoms with Gasteiger partial charge in [0, 0.05) is 53.5 Å². The fourth-order valence-electron chi connectivity index (χ4n) is 7.54. The highest BCUT2D eigenvalue weighted by Crippen LogP contribution is 2.49. The van der Waals surface area contributed by atoms with Gasteiger partial charge in [-0.3, -0.25) is 9.69 Å². The third-order valence-electron chi connectivity index (χ3n) is 8.89. The number of carbonyl (C=O) groups excluding carboxylic acids is 1. The molecule has 2 saturated heterocycles. The van der Waals surface area contributed by atoms with Crippen LogP contribution in [0.1, 0.15) is 79.4 Å². The molecule has 6 heteroatoms. The van der Waals surface area contributed by atoms with E-state index >= 15 is 4.39 Å². The Morgan fingerprint density at radius 1 is 0.900 bits per heavy atom. The summed E-state index contributed by atoms with van der Waals surface area (Å²) < 4.78 is 15.0. The second kappa shape index (κ2) is 10.6. The van der Waals surface area contributed by atoms with E-state index in [0.29, 0.717) is 24.2 Å². The first kappa shape index (κ1) is 28.3. The van der Waals surface area contributed by atoms with Crippen LogP contribution in [0.5, 0.6) is 11.5 Å². The Bertz CT molecular complexity index is 1390. The van der Waals surface area contributed by atoms with Crippen LogP contribution in [0.4, 0.5) is 4.39 Å². The van der Waals surface area contributed by atoms with Gasteiger partial charge in [-0.25, -0.2) is 4.39 Å². The molecule has 212 valence electrons. The van der Waals surface area contributed by atoms with Crippen LogP contribution in [-0.4, -0.2) is 51.1 Å². The molecule has 0 aromatic heterocycles. The first-order valence-electron chi connectivity index (χ1n) is 14.2. The molecule has 2 fully saturated rings. The number of hydrogen-bond donors (Lipinski definition) is 3. The van der Waals surface area contributed by atoms with Crippen LogP contribution in [-0.2, 0) is 0 Å². The summed E-state index contributed by atoms with van der Waals surface area (Å²) in [5.74, 6) is -1.29. The van der Waals surface area contributed by atoms with Crippen LogP contribution < -0.4 is 5.32 Å². The van der Waals surface area contributed by atoms with Gasteiger partial charge >= 0.3 is 0 Å². The molecule has 0 radical (unpaired) electrons. The molecule has 5 rings (SSSR count). The smallest absolute Gasteiger partial charge is 0.167 e. The average molecular weight is 545 g/mol. The molecule has 0 unspecified atom stereocenters. The van der Waals surface area contributed by atoms with E-state index in [4.69, 9.17) is 0 Å². The zero-order chi connectivity index (χ0) is 28.8. The summed E-state index contributed by atoms with van der Waals surface area (Å²) in [7, 11) is 0. The molecule has 5 nitrogen and oxygen atoms in total. The van der Waals surface area contributed by atoms with E-state index in [1.165, 1.54) is 12.1 Å². The third-order valence-corrected chi connectivity index (χ3v) is 8.89. The van der Waals surface area contributed by atoms with Gasteiger partial charge in [-0.15, -0.1) is 0 Å². The van der Waals surface area contributed by atoms with Crippen molar-refractivity contribution in [2.24, 2.45) is 5.92 Å². The maximum atomic E-state index is 15.0. The van der Waals surface area contributed by atoms with E-state index in [9.17, 15) is 15.0 Å². The standard InChI is InChI=1S/C34H41FN2O3/c1-21-25(13-9-14-29(21)35)31-27(26-12-6-7-15-30(26)39)19-37(23-17-33(2,3)36-34(4,5)18-23)20-28(31)32(40)22-10-8-11-24(38)16-22/h6-16,23,27-28,31,36,38-39H,17-20H2,1-5H3/t27-,28+,31-/m1/s1. The molecular weight excluding hydrogens is 503 g/mol. The molecule has 0 spiro atoms. The predicted octanol–water partition coefficient (Wildman–Crippen LogP) is 6.54. The number of carbonyl (C=O) groups is 1. The summed E-state index contributed by atoms with van der Waals surface area (Å²) >= 11 is 0. The number of hydrogen-bond acceptors (Lipinski definition) is 5. The number of ketones is 1. The molecule has 3 aromatic carbocycles. The van der Waals surface area contributed by atoms with Gasteiger partial charge in [0.1, 0.15) is 17.3 Å². The summed E-state index contributed by atoms with van der Waals surface area (Å²) in [5.41, 5.74) is 2.35. The van der Waals surface area contributed by atoms with Crippen LogP contribution in [0.25, 0.3) is 0 Å². The maximum Gasteiger partial charge on any atom is 0.167 e. The fourth-order valence-corrected chi connectivity index (χ4v) is 7.54. The quantitative estimate of drug-likeness (QED) is 0.318. The van der Waals surface area contributed by atoms with E-state index in [2.05, 4.69) is 37.9 Å². The highest BCUT2D eigenvalue weighted by molar-refractivity contribution is 5.99. The van der Waals surface area contributed by atoms with E-state index in [1.54, 1.807) is 43.3 Å². The van der Waals surface area contributed by atoms with Crippen molar-refractivity contribution in [1.82, 2.24) is 10.2 Å². The van der Waals surface area contributed by atoms with Crippen molar-refractivity contribution in [3.63, 3.8) is 0 Å². The normalized spacial score (nSPS) is 25.0. The number of para-hydroxylation sites is 1. The van der Waals surface area contributed by atoms with Gasteiger partial charge in [0.2, 0.25) is 0 Å². The monoisotopic (exact) mass is 544 g/mol. The van der Waals surface area contributed by atoms with Gasteiger partial charge < -0.3 is 15.5 Å². The van der Waals surface area contributed by atoms with Crippen molar-refractivity contribution in [3.05, 3.63) is 94.8 Å². The van der Waals surface area contributed by atoms with Crippen molar-refractivity contribution < 1.29 is 19.4 Å². The number of nitrogens with one attached hydrogen (secondary N) is 1. The first-order chi connectivity index (χ1) is 18.8. The molecule has 2 aliphatic heterocycles. The first-order valence-corrected chi connectivity index (χ1v) is 14.2. The third kappa shape index (κ3) is 5.65. The Balaban J connectivity index is 1.67. The number of phenolic OH excluding ortho intramolecular Hbond substituents is 2. The van der Waals surface area contributed by atoms with Crippen molar-refractivity contribution in [3.8, 4) is 11.5 Å². The molecule has 0 saturated carbocycles. The van der Waals surface area contributed by atoms with Gasteiger partial charge in [0.15, 0.2) is 5.78 Å². The number of likely N-dealkylation sites (tertiary alicyclic amines) is 1. The Hall–Kier alpha value is -3.22. The number of phenols is 2. The Labute approximate surface area is 237 Å². The minimum atomic E-state index is -0.512. The molecule has 0 amide bonds. The SMILES string of the molecule is Cc1c(F)cccc1[C@H]1[C@@H](C(=O)c2cccc(O)c2)CN(C2CC(C)(C)NC(C)(C)C2)C[C@@H]1c1ccccc1O. The minimum absolute atomic E-state index is 0.0381. The number of nitrogens with zero attached hydrogens (tertiary/aromatic N) is 1. The zero-order valence-corrected chi connectivity index (χ0v) is 24.1. The highest BCUT2D eigenvalue weighted by Gasteiger charge is 2.48. The number of Topliss-reactive ketones (excluding diaryl/α,β-unsaturated/α-hetero) is 1. The van der Waals surface area contributed by atoms with E-state index in [1.807, 2.05) is 18.2 Å². The van der Waals surface area contributed by atoms with Crippen LogP contribution >= 0.6 is 0 Å². The maximum absolute atomic E-state index is 15.0. The molecule has 3 N–H and O–H groups in total. The predicted molar refractivity (Wildman–Crippen MR) is 157 cm³/mol. The van der Waals surface area contributed by atoms with Crippen LogP contribution in [0, 0.1) is 18.7 Å². The van der Waals surface area contributed by atoms with Crippen LogP contribution in [0.2, 0.25) is 0 Å². The molecular formula is C34H41FN2O3. The number of aromatic hydroxyl groups is 2. The average Bonchev–Trinajstić information content (AvgIpc) is 2.88. The molecule has 2 heterocycles. The largest absolute Gasteiger partial charge is 0.508 e. The molecule has 2 aliphatic rings. The van der Waals surface area contributed by atoms with Gasteiger partial charge in [-0.2, -0.15) is 0 Å². The lowest BCUT2D eigenvalue weighted by Crippen LogP contribution is -2.64. The molecule has 0 aliphatic carbocycles. The van der Waals surface area contributed by atoms with Gasteiger partial charge in [0.25, 0.3) is 0 Å². The lowest BCUT2D eigenvalue weighted by atomic mass is 9.66. The summed E-state index contributed by atoms with van der Waals surface area (Å²) in [6.07, 6.45) is 1.83. The molecule has 3 aromatic rings. The Kier molecular flexibility index (Phi) is 7.53. The number of rotatable bonds is 5. The van der Waals surface area contributed by atoms with E-state index in [0.717, 1.165) is 24.0 Å². The fraction of sp³-hybridized carbons (Fsp3) is 0.441. The summed E-state index contributed by atoms with van der Waals surface area (Å²) in [6, 6.07) is 19.1. The molecule has 40 heavy (non-hydrogen) atoms. The molecule has 3 atom stereocenters. The van der Waals surface area contributed by atoms with Gasteiger partial charge in [-0.05, 0) is 88.4 Å². The van der Waals surface area contributed by atoms with Gasteiger partial charge in [0.05, 0.1) is 0 Å². The minimum Gasteiger partial charge on any atom is -0.508 e. The number of benzene rings is 3. The van der Waals surface area contributed by atoms with Crippen LogP contribution in [0.3, 0.4) is 0 Å². The number of piperidine rings is 2. The topological polar surface area (TPSA) is 72.8 Å². The lowest BCUT2D eigenvalue weighted by molar-refractivity contribution is 0.0244. The lowest BCUT2D eigenvalue weighted by Gasteiger charge is -2.53. The summed E-state index contributed by atoms with van der Waals surface area (Å²) in [5, 5.41) is 25.0. The van der Waals surface area contributed by atoms with Crippen molar-refractivity contribution >= 4 is 5.78 Å². The van der Waals surface area contributed by atoms with Crippen LogP contribution in [0.15, 0.2) is 66.7 Å². The van der Waals surface area contributed by atoms with Crippen molar-refractivity contribution in [2.45, 2.75) is 76.4 Å². The Morgan fingerprint density at radius 3 is 2.23 bits per heavy atom. The second-order valence-electron chi connectivity index (χ2n) is 13.1. The van der Waals surface area contributed by atoms with Crippen molar-refractivity contribution in [2.75, 3.05) is 13.1 Å². The van der Waals surface area contributed by atoms with Gasteiger partial charge in [-0.1, -0.05) is 42.5 Å². The van der Waals surface area contributed by atoms with E-state index < -0.39 is 5.92 Å². The molecule has 0 bridgehead atoms. The Morgan fingerprint density at radius 2 is 1.55 bits per heavy atom. The summed E-state index contributed by atoms with van der Waals surface area (Å²) in [6.45, 7) is 11.8. The zero-order valence-electron chi connectivity index (χ0n) is 24.1. The van der Waals surface area contributed by atoms with E-state index in [-0.39, 0.29) is 52.1 Å². The summed E-state index contributed by atoms with van der Waals surface area (Å²) in [4.78, 5) is 16.8. The number of halogens is 1. The highest BCUT2D eigenvalue weighted by atomic mass is 19.1. The second-order valence-corrected chi connectivity index (χ2v) is 13.1. The van der Waals surface area contributed by atoms with Crippen molar-refractivity contribution in [1.29, 1.82) is 0 Å².